The predicted molar refractivity (Wildman–Crippen MR) is 51.1 cm³/mol. The van der Waals surface area contributed by atoms with Crippen LogP contribution in [0.4, 0.5) is 0 Å². The van der Waals surface area contributed by atoms with Crippen molar-refractivity contribution in [3.8, 4) is 0 Å². The summed E-state index contributed by atoms with van der Waals surface area (Å²) in [5.74, 6) is -2.16. The number of carbonyl (C=O) groups excluding carboxylic acids is 2. The lowest BCUT2D eigenvalue weighted by Crippen LogP contribution is -2.57. The Morgan fingerprint density at radius 3 is 2.60 bits per heavy atom. The summed E-state index contributed by atoms with van der Waals surface area (Å²) in [5, 5.41) is 8.50. The average molecular weight is 214 g/mol. The third-order valence-corrected chi connectivity index (χ3v) is 2.43. The molecule has 1 saturated heterocycles. The molecule has 0 spiro atoms. The van der Waals surface area contributed by atoms with E-state index in [-0.39, 0.29) is 19.0 Å². The third-order valence-electron chi connectivity index (χ3n) is 2.43. The Hall–Kier alpha value is -1.59. The van der Waals surface area contributed by atoms with Crippen LogP contribution in [0.1, 0.15) is 13.3 Å². The highest BCUT2D eigenvalue weighted by atomic mass is 16.4. The van der Waals surface area contributed by atoms with Crippen LogP contribution >= 0.6 is 0 Å². The van der Waals surface area contributed by atoms with Gasteiger partial charge in [0.25, 0.3) is 0 Å². The van der Waals surface area contributed by atoms with E-state index in [0.717, 1.165) is 0 Å². The smallest absolute Gasteiger partial charge is 0.312 e. The summed E-state index contributed by atoms with van der Waals surface area (Å²) in [4.78, 5) is 35.8. The van der Waals surface area contributed by atoms with Crippen LogP contribution in [0.15, 0.2) is 0 Å². The second kappa shape index (κ2) is 4.29. The predicted octanol–water partition coefficient (Wildman–Crippen LogP) is -0.850. The molecule has 0 radical (unpaired) electrons. The maximum absolute atomic E-state index is 11.5. The fourth-order valence-electron chi connectivity index (χ4n) is 1.60. The van der Waals surface area contributed by atoms with Crippen LogP contribution in [0.25, 0.3) is 0 Å². The van der Waals surface area contributed by atoms with Crippen molar-refractivity contribution in [2.75, 3.05) is 20.1 Å². The van der Waals surface area contributed by atoms with Crippen LogP contribution in [0, 0.1) is 0 Å². The van der Waals surface area contributed by atoms with Gasteiger partial charge in [-0.3, -0.25) is 14.4 Å². The molecule has 1 N–H and O–H groups in total. The fraction of sp³-hybridized carbons (Fsp3) is 0.667. The van der Waals surface area contributed by atoms with Crippen LogP contribution in [-0.2, 0) is 14.4 Å². The molecule has 1 unspecified atom stereocenters. The molecular weight excluding hydrogens is 200 g/mol. The molecule has 1 atom stereocenters. The van der Waals surface area contributed by atoms with E-state index in [4.69, 9.17) is 5.11 Å². The first-order valence-electron chi connectivity index (χ1n) is 4.71. The highest BCUT2D eigenvalue weighted by Gasteiger charge is 2.34. The molecule has 0 saturated carbocycles. The molecule has 2 amide bonds. The molecule has 15 heavy (non-hydrogen) atoms. The number of carboxylic acid groups (broad SMARTS) is 1. The van der Waals surface area contributed by atoms with Gasteiger partial charge >= 0.3 is 17.8 Å². The van der Waals surface area contributed by atoms with E-state index in [1.54, 1.807) is 14.0 Å². The second-order valence-electron chi connectivity index (χ2n) is 3.68. The first-order valence-corrected chi connectivity index (χ1v) is 4.71. The first-order chi connectivity index (χ1) is 6.93. The Morgan fingerprint density at radius 1 is 1.47 bits per heavy atom. The van der Waals surface area contributed by atoms with Crippen molar-refractivity contribution in [3.63, 3.8) is 0 Å². The van der Waals surface area contributed by atoms with Crippen LogP contribution in [0.5, 0.6) is 0 Å². The van der Waals surface area contributed by atoms with Gasteiger partial charge in [0, 0.05) is 26.2 Å². The lowest BCUT2D eigenvalue weighted by Gasteiger charge is -2.36. The van der Waals surface area contributed by atoms with Crippen molar-refractivity contribution in [1.29, 1.82) is 0 Å². The summed E-state index contributed by atoms with van der Waals surface area (Å²) >= 11 is 0. The first kappa shape index (κ1) is 11.5. The van der Waals surface area contributed by atoms with Crippen molar-refractivity contribution in [3.05, 3.63) is 0 Å². The van der Waals surface area contributed by atoms with E-state index in [0.29, 0.717) is 6.54 Å². The van der Waals surface area contributed by atoms with Crippen LogP contribution in [-0.4, -0.2) is 58.9 Å². The number of amides is 2. The third kappa shape index (κ3) is 2.45. The quantitative estimate of drug-likeness (QED) is 0.621. The molecule has 6 nitrogen and oxygen atoms in total. The van der Waals surface area contributed by atoms with E-state index in [1.807, 2.05) is 0 Å². The maximum Gasteiger partial charge on any atom is 0.312 e. The SMILES string of the molecule is CC1CN(C)C(=O)C(=O)N1CCC(=O)O. The lowest BCUT2D eigenvalue weighted by atomic mass is 10.1. The average Bonchev–Trinajstić information content (AvgIpc) is 2.14. The molecule has 1 fully saturated rings. The molecule has 0 aromatic heterocycles. The lowest BCUT2D eigenvalue weighted by molar-refractivity contribution is -0.158. The molecule has 6 heteroatoms. The number of carboxylic acids is 1. The minimum absolute atomic E-state index is 0.0922. The number of likely N-dealkylation sites (N-methyl/N-ethyl adjacent to an activating group) is 1. The van der Waals surface area contributed by atoms with E-state index >= 15 is 0 Å². The molecule has 1 rings (SSSR count). The second-order valence-corrected chi connectivity index (χ2v) is 3.68. The van der Waals surface area contributed by atoms with Crippen LogP contribution < -0.4 is 0 Å². The Balaban J connectivity index is 2.66. The number of aliphatic carboxylic acids is 1. The number of piperazine rings is 1. The van der Waals surface area contributed by atoms with Gasteiger partial charge in [0.2, 0.25) is 0 Å². The zero-order valence-electron chi connectivity index (χ0n) is 8.77. The summed E-state index contributed by atoms with van der Waals surface area (Å²) in [6, 6.07) is -0.125. The Morgan fingerprint density at radius 2 is 2.07 bits per heavy atom. The molecular formula is C9H14N2O4. The number of hydrogen-bond donors (Lipinski definition) is 1. The Labute approximate surface area is 87.5 Å². The summed E-state index contributed by atoms with van der Waals surface area (Å²) in [7, 11) is 1.56. The summed E-state index contributed by atoms with van der Waals surface area (Å²) in [5.41, 5.74) is 0. The normalized spacial score (nSPS) is 22.1. The number of rotatable bonds is 3. The Kier molecular flexibility index (Phi) is 3.28. The van der Waals surface area contributed by atoms with Gasteiger partial charge in [-0.15, -0.1) is 0 Å². The molecule has 0 aromatic rings. The van der Waals surface area contributed by atoms with Gasteiger partial charge in [-0.1, -0.05) is 0 Å². The highest BCUT2D eigenvalue weighted by molar-refractivity contribution is 6.35. The topological polar surface area (TPSA) is 77.9 Å². The van der Waals surface area contributed by atoms with Gasteiger partial charge < -0.3 is 14.9 Å². The van der Waals surface area contributed by atoms with E-state index in [9.17, 15) is 14.4 Å². The minimum Gasteiger partial charge on any atom is -0.481 e. The Bertz CT molecular complexity index is 302. The van der Waals surface area contributed by atoms with Crippen molar-refractivity contribution in [2.24, 2.45) is 0 Å². The monoisotopic (exact) mass is 214 g/mol. The van der Waals surface area contributed by atoms with Crippen molar-refractivity contribution in [2.45, 2.75) is 19.4 Å². The van der Waals surface area contributed by atoms with Crippen molar-refractivity contribution < 1.29 is 19.5 Å². The maximum atomic E-state index is 11.5. The molecule has 0 aromatic carbocycles. The highest BCUT2D eigenvalue weighted by Crippen LogP contribution is 2.10. The number of nitrogens with zero attached hydrogens (tertiary/aromatic N) is 2. The van der Waals surface area contributed by atoms with Crippen molar-refractivity contribution in [1.82, 2.24) is 9.80 Å². The zero-order chi connectivity index (χ0) is 11.6. The largest absolute Gasteiger partial charge is 0.481 e. The molecule has 0 aliphatic carbocycles. The number of hydrogen-bond acceptors (Lipinski definition) is 3. The molecule has 1 aliphatic rings. The molecule has 0 bridgehead atoms. The van der Waals surface area contributed by atoms with Crippen molar-refractivity contribution >= 4 is 17.8 Å². The van der Waals surface area contributed by atoms with Gasteiger partial charge in [-0.05, 0) is 6.92 Å². The van der Waals surface area contributed by atoms with E-state index in [2.05, 4.69) is 0 Å². The van der Waals surface area contributed by atoms with E-state index < -0.39 is 17.8 Å². The van der Waals surface area contributed by atoms with Crippen LogP contribution in [0.2, 0.25) is 0 Å². The van der Waals surface area contributed by atoms with Gasteiger partial charge in [0.05, 0.1) is 6.42 Å². The zero-order valence-corrected chi connectivity index (χ0v) is 8.77. The summed E-state index contributed by atoms with van der Waals surface area (Å²) < 4.78 is 0. The van der Waals surface area contributed by atoms with E-state index in [1.165, 1.54) is 9.80 Å². The molecule has 1 heterocycles. The minimum atomic E-state index is -0.971. The molecule has 84 valence electrons. The standard InChI is InChI=1S/C9H14N2O4/c1-6-5-10(2)8(14)9(15)11(6)4-3-7(12)13/h6H,3-5H2,1-2H3,(H,12,13). The molecule has 1 aliphatic heterocycles. The van der Waals surface area contributed by atoms with Gasteiger partial charge in [0.15, 0.2) is 0 Å². The van der Waals surface area contributed by atoms with Gasteiger partial charge in [0.1, 0.15) is 0 Å². The summed E-state index contributed by atoms with van der Waals surface area (Å²) in [6.07, 6.45) is -0.132. The van der Waals surface area contributed by atoms with Gasteiger partial charge in [-0.2, -0.15) is 0 Å². The summed E-state index contributed by atoms with van der Waals surface area (Å²) in [6.45, 7) is 2.34. The fourth-order valence-corrected chi connectivity index (χ4v) is 1.60. The number of carbonyl (C=O) groups is 3. The van der Waals surface area contributed by atoms with Crippen LogP contribution in [0.3, 0.4) is 0 Å². The van der Waals surface area contributed by atoms with Gasteiger partial charge in [-0.25, -0.2) is 0 Å².